The summed E-state index contributed by atoms with van der Waals surface area (Å²) in [5.74, 6) is 0.458. The van der Waals surface area contributed by atoms with Crippen LogP contribution in [0, 0.1) is 0 Å². The van der Waals surface area contributed by atoms with Gasteiger partial charge in [0, 0.05) is 30.0 Å². The highest BCUT2D eigenvalue weighted by atomic mass is 32.2. The maximum Gasteiger partial charge on any atom is 0.262 e. The number of fused-ring (bicyclic) bond motifs is 2. The van der Waals surface area contributed by atoms with Gasteiger partial charge in [0.15, 0.2) is 10.1 Å². The minimum Gasteiger partial charge on any atom is -0.376 e. The molecule has 1 atom stereocenters. The predicted molar refractivity (Wildman–Crippen MR) is 114 cm³/mol. The Morgan fingerprint density at radius 3 is 3.00 bits per heavy atom. The Morgan fingerprint density at radius 2 is 2.14 bits per heavy atom. The van der Waals surface area contributed by atoms with Crippen molar-refractivity contribution in [1.29, 1.82) is 0 Å². The van der Waals surface area contributed by atoms with Gasteiger partial charge in [0.05, 0.1) is 29.2 Å². The summed E-state index contributed by atoms with van der Waals surface area (Å²) < 4.78 is 8.98. The monoisotopic (exact) mass is 426 g/mol. The van der Waals surface area contributed by atoms with Crippen molar-refractivity contribution in [2.45, 2.75) is 36.4 Å². The van der Waals surface area contributed by atoms with Gasteiger partial charge in [0.1, 0.15) is 0 Å². The number of ether oxygens (including phenoxy) is 1. The average Bonchev–Trinajstić information content (AvgIpc) is 3.41. The fourth-order valence-corrected chi connectivity index (χ4v) is 5.15. The van der Waals surface area contributed by atoms with Crippen LogP contribution in [0.1, 0.15) is 18.5 Å². The van der Waals surface area contributed by atoms with Gasteiger partial charge in [-0.15, -0.1) is 11.3 Å². The number of hydrogen-bond donors (Lipinski definition) is 0. The Bertz CT molecular complexity index is 1300. The number of thiazole rings is 1. The van der Waals surface area contributed by atoms with E-state index in [1.807, 2.05) is 23.6 Å². The van der Waals surface area contributed by atoms with Crippen molar-refractivity contribution < 1.29 is 4.74 Å². The molecule has 5 rings (SSSR count). The fraction of sp³-hybridized carbons (Fsp3) is 0.300. The van der Waals surface area contributed by atoms with E-state index in [1.54, 1.807) is 16.8 Å². The number of aromatic nitrogens is 4. The van der Waals surface area contributed by atoms with E-state index in [2.05, 4.69) is 4.98 Å². The third kappa shape index (κ3) is 3.61. The quantitative estimate of drug-likeness (QED) is 0.361. The second-order valence-electron chi connectivity index (χ2n) is 6.89. The molecule has 1 saturated heterocycles. The van der Waals surface area contributed by atoms with E-state index < -0.39 is 0 Å². The molecule has 0 saturated carbocycles. The second kappa shape index (κ2) is 7.74. The molecule has 0 N–H and O–H groups in total. The van der Waals surface area contributed by atoms with Gasteiger partial charge in [-0.25, -0.2) is 9.97 Å². The van der Waals surface area contributed by atoms with Gasteiger partial charge in [0.2, 0.25) is 0 Å². The first kappa shape index (κ1) is 18.5. The molecule has 3 aromatic heterocycles. The summed E-state index contributed by atoms with van der Waals surface area (Å²) in [6, 6.07) is 8.91. The molecule has 148 valence electrons. The molecule has 1 aromatic carbocycles. The van der Waals surface area contributed by atoms with Gasteiger partial charge in [-0.2, -0.15) is 0 Å². The number of benzene rings is 1. The zero-order valence-electron chi connectivity index (χ0n) is 15.5. The van der Waals surface area contributed by atoms with Gasteiger partial charge >= 0.3 is 0 Å². The molecular formula is C20H18N4O3S2. The molecule has 1 aliphatic rings. The first-order valence-electron chi connectivity index (χ1n) is 9.39. The van der Waals surface area contributed by atoms with E-state index >= 15 is 0 Å². The van der Waals surface area contributed by atoms with Crippen molar-refractivity contribution in [2.24, 2.45) is 0 Å². The summed E-state index contributed by atoms with van der Waals surface area (Å²) in [7, 11) is 0. The normalized spacial score (nSPS) is 16.8. The third-order valence-electron chi connectivity index (χ3n) is 4.94. The number of rotatable bonds is 5. The Kier molecular flexibility index (Phi) is 4.94. The lowest BCUT2D eigenvalue weighted by molar-refractivity contribution is 0.0937. The Morgan fingerprint density at radius 1 is 1.24 bits per heavy atom. The molecule has 0 radical (unpaired) electrons. The number of nitrogens with zero attached hydrogens (tertiary/aromatic N) is 4. The zero-order valence-corrected chi connectivity index (χ0v) is 17.1. The predicted octanol–water partition coefficient (Wildman–Crippen LogP) is 2.94. The van der Waals surface area contributed by atoms with Crippen LogP contribution in [0.25, 0.3) is 15.9 Å². The first-order valence-corrected chi connectivity index (χ1v) is 11.3. The molecule has 0 aliphatic carbocycles. The van der Waals surface area contributed by atoms with Crippen molar-refractivity contribution >= 4 is 39.0 Å². The van der Waals surface area contributed by atoms with Gasteiger partial charge in [-0.3, -0.25) is 18.6 Å². The van der Waals surface area contributed by atoms with E-state index in [-0.39, 0.29) is 17.2 Å². The van der Waals surface area contributed by atoms with E-state index in [9.17, 15) is 9.59 Å². The van der Waals surface area contributed by atoms with Crippen LogP contribution in [-0.4, -0.2) is 31.6 Å². The molecule has 1 fully saturated rings. The molecule has 4 aromatic rings. The Hall–Kier alpha value is -2.49. The first-order chi connectivity index (χ1) is 14.2. The highest BCUT2D eigenvalue weighted by Crippen LogP contribution is 2.23. The molecule has 29 heavy (non-hydrogen) atoms. The number of para-hydroxylation sites is 1. The summed E-state index contributed by atoms with van der Waals surface area (Å²) >= 11 is 2.84. The summed E-state index contributed by atoms with van der Waals surface area (Å²) in [5, 5.41) is 3.06. The van der Waals surface area contributed by atoms with Crippen LogP contribution in [0.2, 0.25) is 0 Å². The molecule has 0 bridgehead atoms. The SMILES string of the molecule is O=c1c2ccccc2nc(SCc2cc(=O)n3ccsc3n2)n1CC1CCCO1. The van der Waals surface area contributed by atoms with Crippen molar-refractivity contribution in [3.05, 3.63) is 68.3 Å². The van der Waals surface area contributed by atoms with Crippen LogP contribution in [0.15, 0.2) is 56.7 Å². The second-order valence-corrected chi connectivity index (χ2v) is 8.71. The third-order valence-corrected chi connectivity index (χ3v) is 6.71. The lowest BCUT2D eigenvalue weighted by atomic mass is 10.2. The molecule has 0 amide bonds. The summed E-state index contributed by atoms with van der Waals surface area (Å²) in [4.78, 5) is 35.3. The zero-order chi connectivity index (χ0) is 19.8. The molecule has 7 nitrogen and oxygen atoms in total. The van der Waals surface area contributed by atoms with Crippen LogP contribution in [0.3, 0.4) is 0 Å². The van der Waals surface area contributed by atoms with Gasteiger partial charge in [0.25, 0.3) is 11.1 Å². The summed E-state index contributed by atoms with van der Waals surface area (Å²) in [6.45, 7) is 1.22. The van der Waals surface area contributed by atoms with Crippen molar-refractivity contribution in [3.8, 4) is 0 Å². The number of hydrogen-bond acceptors (Lipinski definition) is 7. The van der Waals surface area contributed by atoms with E-state index in [4.69, 9.17) is 9.72 Å². The largest absolute Gasteiger partial charge is 0.376 e. The minimum absolute atomic E-state index is 0.0280. The van der Waals surface area contributed by atoms with E-state index in [1.165, 1.54) is 33.6 Å². The van der Waals surface area contributed by atoms with Gasteiger partial charge in [-0.05, 0) is 25.0 Å². The highest BCUT2D eigenvalue weighted by molar-refractivity contribution is 7.98. The minimum atomic E-state index is -0.102. The van der Waals surface area contributed by atoms with Gasteiger partial charge in [-0.1, -0.05) is 23.9 Å². The van der Waals surface area contributed by atoms with Crippen LogP contribution in [0.5, 0.6) is 0 Å². The lowest BCUT2D eigenvalue weighted by Crippen LogP contribution is -2.28. The molecular weight excluding hydrogens is 408 g/mol. The van der Waals surface area contributed by atoms with Crippen LogP contribution < -0.4 is 11.1 Å². The summed E-state index contributed by atoms with van der Waals surface area (Å²) in [5.41, 5.74) is 1.18. The Balaban J connectivity index is 1.51. The van der Waals surface area contributed by atoms with E-state index in [0.717, 1.165) is 19.4 Å². The van der Waals surface area contributed by atoms with Crippen LogP contribution in [0.4, 0.5) is 0 Å². The standard InChI is InChI=1S/C20H18N4O3S2/c25-17-10-13(21-19-23(17)7-9-28-19)12-29-20-22-16-6-2-1-5-15(16)18(26)24(20)11-14-4-3-8-27-14/h1-2,5-7,9-10,14H,3-4,8,11-12H2. The molecule has 4 heterocycles. The lowest BCUT2D eigenvalue weighted by Gasteiger charge is -2.16. The Labute approximate surface area is 174 Å². The highest BCUT2D eigenvalue weighted by Gasteiger charge is 2.20. The van der Waals surface area contributed by atoms with E-state index in [0.29, 0.717) is 39.0 Å². The van der Waals surface area contributed by atoms with Crippen LogP contribution in [-0.2, 0) is 17.0 Å². The molecule has 1 unspecified atom stereocenters. The molecule has 1 aliphatic heterocycles. The smallest absolute Gasteiger partial charge is 0.262 e. The molecule has 9 heteroatoms. The summed E-state index contributed by atoms with van der Waals surface area (Å²) in [6.07, 6.45) is 3.70. The maximum atomic E-state index is 13.1. The van der Waals surface area contributed by atoms with Crippen molar-refractivity contribution in [2.75, 3.05) is 6.61 Å². The maximum absolute atomic E-state index is 13.1. The average molecular weight is 427 g/mol. The number of thioether (sulfide) groups is 1. The topological polar surface area (TPSA) is 78.5 Å². The van der Waals surface area contributed by atoms with Gasteiger partial charge < -0.3 is 4.74 Å². The fourth-order valence-electron chi connectivity index (χ4n) is 3.51. The van der Waals surface area contributed by atoms with Crippen molar-refractivity contribution in [3.63, 3.8) is 0 Å². The molecule has 0 spiro atoms. The van der Waals surface area contributed by atoms with Crippen LogP contribution >= 0.6 is 23.1 Å². The van der Waals surface area contributed by atoms with Crippen molar-refractivity contribution in [1.82, 2.24) is 18.9 Å².